The van der Waals surface area contributed by atoms with Crippen molar-refractivity contribution in [3.05, 3.63) is 58.5 Å². The lowest BCUT2D eigenvalue weighted by Crippen LogP contribution is -2.11. The average molecular weight is 344 g/mol. The van der Waals surface area contributed by atoms with Gasteiger partial charge in [0.25, 0.3) is 11.7 Å². The SMILES string of the molecule is [C-]#[N+]c1cc(-c2cnc(NC(=O)c3ccccc3Cl)s2)n(C)n1. The highest BCUT2D eigenvalue weighted by molar-refractivity contribution is 7.19. The zero-order valence-electron chi connectivity index (χ0n) is 11.9. The zero-order chi connectivity index (χ0) is 16.4. The molecule has 1 aromatic carbocycles. The smallest absolute Gasteiger partial charge is 0.296 e. The van der Waals surface area contributed by atoms with E-state index in [4.69, 9.17) is 18.2 Å². The van der Waals surface area contributed by atoms with Crippen molar-refractivity contribution in [1.29, 1.82) is 0 Å². The standard InChI is InChI=1S/C15H10ClN5OS/c1-17-13-7-11(21(2)20-13)12-8-18-15(23-12)19-14(22)9-5-3-4-6-10(9)16/h3-8H,2H3,(H,18,19,22). The van der Waals surface area contributed by atoms with Crippen LogP contribution in [0.4, 0.5) is 10.9 Å². The first-order valence-electron chi connectivity index (χ1n) is 6.52. The fraction of sp³-hybridized carbons (Fsp3) is 0.0667. The number of carbonyl (C=O) groups excluding carboxylic acids is 1. The Morgan fingerprint density at radius 3 is 2.91 bits per heavy atom. The van der Waals surface area contributed by atoms with Crippen LogP contribution in [0, 0.1) is 6.57 Å². The van der Waals surface area contributed by atoms with Crippen LogP contribution in [0.15, 0.2) is 36.5 Å². The number of thiazole rings is 1. The van der Waals surface area contributed by atoms with E-state index in [1.54, 1.807) is 48.3 Å². The third-order valence-electron chi connectivity index (χ3n) is 3.08. The second kappa shape index (κ2) is 6.20. The fourth-order valence-corrected chi connectivity index (χ4v) is 3.08. The lowest BCUT2D eigenvalue weighted by Gasteiger charge is -2.03. The molecule has 114 valence electrons. The Morgan fingerprint density at radius 1 is 1.43 bits per heavy atom. The van der Waals surface area contributed by atoms with Gasteiger partial charge in [0.1, 0.15) is 0 Å². The zero-order valence-corrected chi connectivity index (χ0v) is 13.5. The summed E-state index contributed by atoms with van der Waals surface area (Å²) in [5, 5.41) is 7.63. The first-order chi connectivity index (χ1) is 11.1. The maximum Gasteiger partial charge on any atom is 0.296 e. The molecule has 0 fully saturated rings. The minimum Gasteiger partial charge on any atom is -0.359 e. The Labute approximate surface area is 141 Å². The van der Waals surface area contributed by atoms with Crippen LogP contribution in [-0.4, -0.2) is 20.7 Å². The van der Waals surface area contributed by atoms with Gasteiger partial charge in [0, 0.05) is 6.20 Å². The molecule has 0 spiro atoms. The van der Waals surface area contributed by atoms with Gasteiger partial charge in [-0.25, -0.2) is 4.98 Å². The first kappa shape index (κ1) is 15.2. The van der Waals surface area contributed by atoms with E-state index in [9.17, 15) is 4.79 Å². The first-order valence-corrected chi connectivity index (χ1v) is 7.71. The summed E-state index contributed by atoms with van der Waals surface area (Å²) in [5.74, 6) is 0.000839. The van der Waals surface area contributed by atoms with Crippen molar-refractivity contribution in [3.8, 4) is 10.6 Å². The molecule has 3 rings (SSSR count). The minimum atomic E-state index is -0.316. The molecule has 23 heavy (non-hydrogen) atoms. The number of rotatable bonds is 3. The second-order valence-corrected chi connectivity index (χ2v) is 6.02. The van der Waals surface area contributed by atoms with Gasteiger partial charge in [0.2, 0.25) is 0 Å². The molecule has 0 saturated heterocycles. The van der Waals surface area contributed by atoms with Crippen molar-refractivity contribution >= 4 is 39.8 Å². The molecule has 0 radical (unpaired) electrons. The number of carbonyl (C=O) groups is 1. The number of hydrogen-bond acceptors (Lipinski definition) is 4. The molecule has 0 unspecified atom stereocenters. The van der Waals surface area contributed by atoms with E-state index in [1.165, 1.54) is 11.3 Å². The van der Waals surface area contributed by atoms with Gasteiger partial charge < -0.3 is 4.85 Å². The monoisotopic (exact) mass is 343 g/mol. The highest BCUT2D eigenvalue weighted by Crippen LogP contribution is 2.31. The summed E-state index contributed by atoms with van der Waals surface area (Å²) in [6.07, 6.45) is 1.64. The highest BCUT2D eigenvalue weighted by atomic mass is 35.5. The van der Waals surface area contributed by atoms with Gasteiger partial charge >= 0.3 is 0 Å². The van der Waals surface area contributed by atoms with E-state index in [0.29, 0.717) is 21.5 Å². The highest BCUT2D eigenvalue weighted by Gasteiger charge is 2.15. The van der Waals surface area contributed by atoms with Crippen LogP contribution in [0.2, 0.25) is 5.02 Å². The lowest BCUT2D eigenvalue weighted by atomic mass is 10.2. The largest absolute Gasteiger partial charge is 0.359 e. The molecule has 0 aliphatic rings. The Balaban J connectivity index is 1.83. The van der Waals surface area contributed by atoms with Gasteiger partial charge in [-0.2, -0.15) is 4.68 Å². The number of nitrogens with one attached hydrogen (secondary N) is 1. The number of nitrogens with zero attached hydrogens (tertiary/aromatic N) is 4. The average Bonchev–Trinajstić information content (AvgIpc) is 3.13. The number of anilines is 1. The molecule has 0 saturated carbocycles. The van der Waals surface area contributed by atoms with Crippen molar-refractivity contribution in [2.75, 3.05) is 5.32 Å². The van der Waals surface area contributed by atoms with Gasteiger partial charge in [-0.3, -0.25) is 10.1 Å². The summed E-state index contributed by atoms with van der Waals surface area (Å²) in [4.78, 5) is 20.5. The predicted octanol–water partition coefficient (Wildman–Crippen LogP) is 4.00. The van der Waals surface area contributed by atoms with E-state index in [2.05, 4.69) is 20.2 Å². The van der Waals surface area contributed by atoms with Crippen LogP contribution in [0.25, 0.3) is 15.4 Å². The van der Waals surface area contributed by atoms with Crippen molar-refractivity contribution in [2.45, 2.75) is 0 Å². The number of amides is 1. The van der Waals surface area contributed by atoms with Gasteiger partial charge in [-0.05, 0) is 23.3 Å². The molecule has 0 aliphatic carbocycles. The Bertz CT molecular complexity index is 924. The van der Waals surface area contributed by atoms with Crippen LogP contribution >= 0.6 is 22.9 Å². The van der Waals surface area contributed by atoms with Crippen LogP contribution in [0.1, 0.15) is 10.4 Å². The molecule has 1 amide bonds. The summed E-state index contributed by atoms with van der Waals surface area (Å²) in [6, 6.07) is 8.49. The van der Waals surface area contributed by atoms with Gasteiger partial charge in [-0.15, -0.1) is 0 Å². The molecule has 0 bridgehead atoms. The number of aryl methyl sites for hydroxylation is 1. The molecule has 1 N–H and O–H groups in total. The number of benzene rings is 1. The van der Waals surface area contributed by atoms with E-state index >= 15 is 0 Å². The summed E-state index contributed by atoms with van der Waals surface area (Å²) in [5.41, 5.74) is 1.16. The molecule has 8 heteroatoms. The van der Waals surface area contributed by atoms with Crippen molar-refractivity contribution < 1.29 is 4.79 Å². The van der Waals surface area contributed by atoms with E-state index in [0.717, 1.165) is 10.6 Å². The molecule has 3 aromatic rings. The quantitative estimate of drug-likeness (QED) is 0.731. The normalized spacial score (nSPS) is 10.3. The van der Waals surface area contributed by atoms with Crippen molar-refractivity contribution in [1.82, 2.24) is 14.8 Å². The van der Waals surface area contributed by atoms with Gasteiger partial charge in [0.15, 0.2) is 5.13 Å². The van der Waals surface area contributed by atoms with E-state index < -0.39 is 0 Å². The number of halogens is 1. The summed E-state index contributed by atoms with van der Waals surface area (Å²) >= 11 is 7.31. The Kier molecular flexibility index (Phi) is 4.10. The predicted molar refractivity (Wildman–Crippen MR) is 90.0 cm³/mol. The topological polar surface area (TPSA) is 64.2 Å². The fourth-order valence-electron chi connectivity index (χ4n) is 2.00. The van der Waals surface area contributed by atoms with Crippen LogP contribution in [0.3, 0.4) is 0 Å². The van der Waals surface area contributed by atoms with Crippen LogP contribution < -0.4 is 5.32 Å². The summed E-state index contributed by atoms with van der Waals surface area (Å²) < 4.78 is 1.61. The third kappa shape index (κ3) is 3.08. The van der Waals surface area contributed by atoms with Crippen LogP contribution in [-0.2, 0) is 7.05 Å². The number of hydrogen-bond donors (Lipinski definition) is 1. The van der Waals surface area contributed by atoms with Crippen LogP contribution in [0.5, 0.6) is 0 Å². The maximum absolute atomic E-state index is 12.2. The molecule has 2 heterocycles. The molecule has 2 aromatic heterocycles. The molecular weight excluding hydrogens is 334 g/mol. The van der Waals surface area contributed by atoms with Gasteiger partial charge in [0.05, 0.1) is 28.2 Å². The summed E-state index contributed by atoms with van der Waals surface area (Å²) in [7, 11) is 1.76. The lowest BCUT2D eigenvalue weighted by molar-refractivity contribution is 0.102. The molecule has 0 atom stereocenters. The Morgan fingerprint density at radius 2 is 2.22 bits per heavy atom. The third-order valence-corrected chi connectivity index (χ3v) is 4.34. The van der Waals surface area contributed by atoms with Crippen molar-refractivity contribution in [2.24, 2.45) is 7.05 Å². The maximum atomic E-state index is 12.2. The molecule has 6 nitrogen and oxygen atoms in total. The molecule has 0 aliphatic heterocycles. The van der Waals surface area contributed by atoms with E-state index in [1.807, 2.05) is 0 Å². The summed E-state index contributed by atoms with van der Waals surface area (Å²) in [6.45, 7) is 7.00. The van der Waals surface area contributed by atoms with E-state index in [-0.39, 0.29) is 5.91 Å². The van der Waals surface area contributed by atoms with Gasteiger partial charge in [-0.1, -0.05) is 41.6 Å². The second-order valence-electron chi connectivity index (χ2n) is 4.59. The minimum absolute atomic E-state index is 0.316. The van der Waals surface area contributed by atoms with Crippen molar-refractivity contribution in [3.63, 3.8) is 0 Å². The Hall–Kier alpha value is -2.69. The molecular formula is C15H10ClN5OS. The number of aromatic nitrogens is 3.